The number of rotatable bonds is 10. The first kappa shape index (κ1) is 31.0. The van der Waals surface area contributed by atoms with E-state index < -0.39 is 11.9 Å². The molecule has 2 aromatic heterocycles. The molecule has 0 bridgehead atoms. The summed E-state index contributed by atoms with van der Waals surface area (Å²) >= 11 is 0. The van der Waals surface area contributed by atoms with Crippen LogP contribution in [0.2, 0.25) is 0 Å². The molecule has 0 aliphatic carbocycles. The number of carboxylic acid groups (broad SMARTS) is 2. The minimum Gasteiger partial charge on any atom is -0.481 e. The molecule has 10 nitrogen and oxygen atoms in total. The van der Waals surface area contributed by atoms with Crippen molar-refractivity contribution in [2.75, 3.05) is 0 Å². The van der Waals surface area contributed by atoms with Crippen LogP contribution in [0.4, 0.5) is 0 Å². The van der Waals surface area contributed by atoms with Gasteiger partial charge in [-0.2, -0.15) is 0 Å². The maximum atomic E-state index is 12.3. The van der Waals surface area contributed by atoms with Crippen LogP contribution in [0.25, 0.3) is 18.2 Å². The fraction of sp³-hybridized carbons (Fsp3) is 0.303. The van der Waals surface area contributed by atoms with Crippen LogP contribution in [-0.2, 0) is 32.0 Å². The second kappa shape index (κ2) is 12.5. The standard InChI is InChI=1S/C33H36N4O6/c1-7-20-19(6)32(42)37-27(20)14-25-18(5)23(10-12-31(40)41)29(35-25)15-28-22(9-11-30(38)39)17(4)24(34-28)13-26-16(3)21(8-2)33(43)36-26/h7-8,13-15,19,34-35H,2,9-12H2,1,3-6H3,(H,37,42)(H,38,39)(H,40,41)/b20-7+,24-13-,27-14-,28-15-. The summed E-state index contributed by atoms with van der Waals surface area (Å²) in [5.41, 5.74) is 7.87. The first-order chi connectivity index (χ1) is 20.4. The molecule has 10 heteroatoms. The van der Waals surface area contributed by atoms with Crippen molar-refractivity contribution in [1.29, 1.82) is 0 Å². The molecule has 1 atom stereocenters. The van der Waals surface area contributed by atoms with Gasteiger partial charge < -0.3 is 25.5 Å². The Morgan fingerprint density at radius 1 is 0.907 bits per heavy atom. The van der Waals surface area contributed by atoms with Gasteiger partial charge in [-0.3, -0.25) is 19.2 Å². The van der Waals surface area contributed by atoms with Crippen molar-refractivity contribution in [1.82, 2.24) is 15.3 Å². The summed E-state index contributed by atoms with van der Waals surface area (Å²) in [6.45, 7) is 13.0. The molecule has 0 spiro atoms. The fourth-order valence-corrected chi connectivity index (χ4v) is 5.57. The molecular weight excluding hydrogens is 548 g/mol. The van der Waals surface area contributed by atoms with Crippen LogP contribution in [-0.4, -0.2) is 49.6 Å². The third-order valence-electron chi connectivity index (χ3n) is 8.12. The van der Waals surface area contributed by atoms with Crippen molar-refractivity contribution in [3.8, 4) is 0 Å². The second-order valence-electron chi connectivity index (χ2n) is 10.7. The Labute approximate surface area is 249 Å². The number of carbonyl (C=O) groups is 4. The van der Waals surface area contributed by atoms with Crippen LogP contribution in [0, 0.1) is 19.8 Å². The number of hydrogen-bond donors (Lipinski definition) is 5. The predicted molar refractivity (Wildman–Crippen MR) is 165 cm³/mol. The Morgan fingerprint density at radius 2 is 1.56 bits per heavy atom. The quantitative estimate of drug-likeness (QED) is 0.288. The normalized spacial score (nSPS) is 19.7. The minimum absolute atomic E-state index is 0.0802. The molecule has 1 fully saturated rings. The highest BCUT2D eigenvalue weighted by atomic mass is 16.4. The maximum Gasteiger partial charge on any atom is 0.303 e. The zero-order valence-electron chi connectivity index (χ0n) is 25.0. The zero-order chi connectivity index (χ0) is 31.6. The summed E-state index contributed by atoms with van der Waals surface area (Å²) in [6.07, 6.45) is 9.23. The summed E-state index contributed by atoms with van der Waals surface area (Å²) in [5.74, 6) is -2.59. The second-order valence-corrected chi connectivity index (χ2v) is 10.7. The van der Waals surface area contributed by atoms with E-state index in [9.17, 15) is 29.4 Å². The highest BCUT2D eigenvalue weighted by Gasteiger charge is 2.29. The van der Waals surface area contributed by atoms with Crippen LogP contribution in [0.5, 0.6) is 0 Å². The summed E-state index contributed by atoms with van der Waals surface area (Å²) in [6, 6.07) is 0. The lowest BCUT2D eigenvalue weighted by Crippen LogP contribution is -2.16. The van der Waals surface area contributed by atoms with E-state index in [2.05, 4.69) is 26.9 Å². The van der Waals surface area contributed by atoms with Crippen molar-refractivity contribution >= 4 is 47.7 Å². The smallest absolute Gasteiger partial charge is 0.303 e. The van der Waals surface area contributed by atoms with E-state index in [-0.39, 0.29) is 43.4 Å². The molecule has 0 saturated carbocycles. The predicted octanol–water partition coefficient (Wildman–Crippen LogP) is 3.14. The Balaban J connectivity index is 1.91. The molecule has 4 rings (SSSR count). The number of carbonyl (C=O) groups excluding carboxylic acids is 2. The molecule has 0 aromatic carbocycles. The van der Waals surface area contributed by atoms with Gasteiger partial charge in [-0.05, 0) is 99.1 Å². The third kappa shape index (κ3) is 6.28. The van der Waals surface area contributed by atoms with Gasteiger partial charge in [-0.1, -0.05) is 18.7 Å². The molecule has 5 N–H and O–H groups in total. The van der Waals surface area contributed by atoms with Crippen molar-refractivity contribution in [2.24, 2.45) is 10.9 Å². The number of aromatic amines is 2. The minimum atomic E-state index is -0.934. The van der Waals surface area contributed by atoms with Crippen molar-refractivity contribution in [3.63, 3.8) is 0 Å². The lowest BCUT2D eigenvalue weighted by molar-refractivity contribution is -0.138. The van der Waals surface area contributed by atoms with E-state index in [1.807, 2.05) is 45.9 Å². The molecule has 2 aliphatic rings. The largest absolute Gasteiger partial charge is 0.481 e. The van der Waals surface area contributed by atoms with Crippen LogP contribution in [0.3, 0.4) is 0 Å². The van der Waals surface area contributed by atoms with E-state index >= 15 is 0 Å². The first-order valence-electron chi connectivity index (χ1n) is 14.1. The summed E-state index contributed by atoms with van der Waals surface area (Å²) in [4.78, 5) is 58.6. The van der Waals surface area contributed by atoms with E-state index in [0.29, 0.717) is 38.9 Å². The van der Waals surface area contributed by atoms with E-state index in [1.165, 1.54) is 6.08 Å². The number of aromatic nitrogens is 2. The number of carboxylic acids is 2. The molecule has 1 saturated heterocycles. The highest BCUT2D eigenvalue weighted by molar-refractivity contribution is 6.31. The van der Waals surface area contributed by atoms with Gasteiger partial charge in [0.15, 0.2) is 0 Å². The van der Waals surface area contributed by atoms with Crippen molar-refractivity contribution in [2.45, 2.75) is 60.3 Å². The van der Waals surface area contributed by atoms with Crippen molar-refractivity contribution in [3.05, 3.63) is 85.5 Å². The van der Waals surface area contributed by atoms with Crippen LogP contribution < -0.4 is 16.0 Å². The molecule has 224 valence electrons. The van der Waals surface area contributed by atoms with E-state index in [0.717, 1.165) is 33.5 Å². The number of nitrogens with one attached hydrogen (secondary N) is 3. The van der Waals surface area contributed by atoms with Gasteiger partial charge >= 0.3 is 11.9 Å². The number of allylic oxidation sites excluding steroid dienone is 3. The van der Waals surface area contributed by atoms with Crippen LogP contribution in [0.1, 0.15) is 67.3 Å². The summed E-state index contributed by atoms with van der Waals surface area (Å²) < 4.78 is 0. The molecule has 1 unspecified atom stereocenters. The van der Waals surface area contributed by atoms with E-state index in [4.69, 9.17) is 0 Å². The van der Waals surface area contributed by atoms with Crippen LogP contribution in [0.15, 0.2) is 46.1 Å². The monoisotopic (exact) mass is 584 g/mol. The van der Waals surface area contributed by atoms with Gasteiger partial charge in [0.25, 0.3) is 5.91 Å². The zero-order valence-corrected chi connectivity index (χ0v) is 25.0. The Kier molecular flexibility index (Phi) is 8.99. The lowest BCUT2D eigenvalue weighted by atomic mass is 10.00. The summed E-state index contributed by atoms with van der Waals surface area (Å²) in [7, 11) is 0. The molecule has 2 aliphatic heterocycles. The van der Waals surface area contributed by atoms with Gasteiger partial charge in [0.1, 0.15) is 0 Å². The fourth-order valence-electron chi connectivity index (χ4n) is 5.57. The summed E-state index contributed by atoms with van der Waals surface area (Å²) in [5, 5.41) is 23.1. The SMILES string of the molecule is C=CC1=C(C)C(/C=c2\[nH]/c(=C\c3[nH]c(/C=C4\NC(=O)C(C)\C4=C/C)c(C)c3CCC(=O)O)c(CCC(=O)O)c2C)=NC1=O. The number of aliphatic carboxylic acids is 2. The highest BCUT2D eigenvalue weighted by Crippen LogP contribution is 2.29. The lowest BCUT2D eigenvalue weighted by Gasteiger charge is -2.03. The van der Waals surface area contributed by atoms with Crippen LogP contribution >= 0.6 is 0 Å². The van der Waals surface area contributed by atoms with Gasteiger partial charge in [-0.25, -0.2) is 4.99 Å². The molecular formula is C33H36N4O6. The molecule has 43 heavy (non-hydrogen) atoms. The number of amides is 2. The number of hydrogen-bond acceptors (Lipinski definition) is 4. The topological polar surface area (TPSA) is 165 Å². The van der Waals surface area contributed by atoms with Gasteiger partial charge in [0.05, 0.1) is 11.6 Å². The average molecular weight is 585 g/mol. The van der Waals surface area contributed by atoms with Gasteiger partial charge in [-0.15, -0.1) is 0 Å². The van der Waals surface area contributed by atoms with Gasteiger partial charge in [0, 0.05) is 46.2 Å². The number of H-pyrrole nitrogens is 2. The first-order valence-corrected chi connectivity index (χ1v) is 14.1. The average Bonchev–Trinajstić information content (AvgIpc) is 3.59. The molecule has 2 aromatic rings. The molecule has 0 radical (unpaired) electrons. The molecule has 4 heterocycles. The number of nitrogens with zero attached hydrogens (tertiary/aromatic N) is 1. The molecule has 2 amide bonds. The van der Waals surface area contributed by atoms with E-state index in [1.54, 1.807) is 13.0 Å². The van der Waals surface area contributed by atoms with Crippen molar-refractivity contribution < 1.29 is 29.4 Å². The Bertz CT molecular complexity index is 1810. The Hall–Kier alpha value is -4.99. The Morgan fingerprint density at radius 3 is 2.14 bits per heavy atom. The number of aliphatic imine (C=N–C) groups is 1. The van der Waals surface area contributed by atoms with Gasteiger partial charge in [0.2, 0.25) is 5.91 Å². The maximum absolute atomic E-state index is 12.3. The third-order valence-corrected chi connectivity index (χ3v) is 8.12.